The van der Waals surface area contributed by atoms with Crippen LogP contribution in [0.3, 0.4) is 0 Å². The van der Waals surface area contributed by atoms with E-state index < -0.39 is 0 Å². The van der Waals surface area contributed by atoms with Gasteiger partial charge < -0.3 is 9.80 Å². The number of amides is 2. The van der Waals surface area contributed by atoms with E-state index in [1.165, 1.54) is 11.1 Å². The SMILES string of the molecule is CCN(CC)C(=O)N1CCc2ccc(Cl)cc2C1. The van der Waals surface area contributed by atoms with E-state index in [2.05, 4.69) is 6.07 Å². The molecule has 2 amide bonds. The van der Waals surface area contributed by atoms with Gasteiger partial charge in [0.15, 0.2) is 0 Å². The van der Waals surface area contributed by atoms with Gasteiger partial charge in [0, 0.05) is 31.2 Å². The highest BCUT2D eigenvalue weighted by atomic mass is 35.5. The van der Waals surface area contributed by atoms with Crippen molar-refractivity contribution in [2.24, 2.45) is 0 Å². The Morgan fingerprint density at radius 1 is 1.33 bits per heavy atom. The lowest BCUT2D eigenvalue weighted by Crippen LogP contribution is -2.45. The van der Waals surface area contributed by atoms with Crippen molar-refractivity contribution in [3.8, 4) is 0 Å². The number of rotatable bonds is 2. The Hall–Kier alpha value is -1.22. The molecule has 0 N–H and O–H groups in total. The highest BCUT2D eigenvalue weighted by Crippen LogP contribution is 2.23. The molecule has 0 saturated heterocycles. The van der Waals surface area contributed by atoms with Crippen molar-refractivity contribution in [3.63, 3.8) is 0 Å². The van der Waals surface area contributed by atoms with Crippen molar-refractivity contribution in [3.05, 3.63) is 34.3 Å². The van der Waals surface area contributed by atoms with Gasteiger partial charge in [0.2, 0.25) is 0 Å². The number of urea groups is 1. The fourth-order valence-corrected chi connectivity index (χ4v) is 2.58. The van der Waals surface area contributed by atoms with E-state index in [0.717, 1.165) is 31.1 Å². The van der Waals surface area contributed by atoms with Crippen molar-refractivity contribution in [1.82, 2.24) is 9.80 Å². The van der Waals surface area contributed by atoms with E-state index in [4.69, 9.17) is 11.6 Å². The molecular formula is C14H19ClN2O. The molecule has 1 aliphatic heterocycles. The van der Waals surface area contributed by atoms with E-state index in [1.54, 1.807) is 0 Å². The fourth-order valence-electron chi connectivity index (χ4n) is 2.38. The Bertz CT molecular complexity index is 443. The largest absolute Gasteiger partial charge is 0.325 e. The molecular weight excluding hydrogens is 248 g/mol. The second-order valence-electron chi connectivity index (χ2n) is 4.54. The average Bonchev–Trinajstić information content (AvgIpc) is 2.39. The molecule has 0 radical (unpaired) electrons. The topological polar surface area (TPSA) is 23.6 Å². The van der Waals surface area contributed by atoms with Crippen LogP contribution in [0.4, 0.5) is 4.79 Å². The van der Waals surface area contributed by atoms with Crippen LogP contribution in [0.2, 0.25) is 5.02 Å². The first kappa shape index (κ1) is 13.2. The minimum Gasteiger partial charge on any atom is -0.325 e. The monoisotopic (exact) mass is 266 g/mol. The highest BCUT2D eigenvalue weighted by molar-refractivity contribution is 6.30. The van der Waals surface area contributed by atoms with Crippen molar-refractivity contribution < 1.29 is 4.79 Å². The summed E-state index contributed by atoms with van der Waals surface area (Å²) >= 11 is 6.01. The number of halogens is 1. The summed E-state index contributed by atoms with van der Waals surface area (Å²) in [4.78, 5) is 16.0. The summed E-state index contributed by atoms with van der Waals surface area (Å²) in [5.41, 5.74) is 2.48. The van der Waals surface area contributed by atoms with Gasteiger partial charge in [-0.3, -0.25) is 0 Å². The lowest BCUT2D eigenvalue weighted by Gasteiger charge is -2.33. The minimum absolute atomic E-state index is 0.130. The van der Waals surface area contributed by atoms with Gasteiger partial charge in [0.05, 0.1) is 0 Å². The molecule has 1 aliphatic rings. The quantitative estimate of drug-likeness (QED) is 0.807. The van der Waals surface area contributed by atoms with Gasteiger partial charge >= 0.3 is 6.03 Å². The minimum atomic E-state index is 0.130. The smallest absolute Gasteiger partial charge is 0.320 e. The predicted octanol–water partition coefficient (Wildman–Crippen LogP) is 3.16. The van der Waals surface area contributed by atoms with Crippen molar-refractivity contribution in [2.75, 3.05) is 19.6 Å². The molecule has 4 heteroatoms. The molecule has 0 aliphatic carbocycles. The van der Waals surface area contributed by atoms with Crippen LogP contribution in [0.5, 0.6) is 0 Å². The first-order valence-corrected chi connectivity index (χ1v) is 6.84. The number of nitrogens with zero attached hydrogens (tertiary/aromatic N) is 2. The van der Waals surface area contributed by atoms with Crippen molar-refractivity contribution in [1.29, 1.82) is 0 Å². The molecule has 98 valence electrons. The third-order valence-corrected chi connectivity index (χ3v) is 3.72. The predicted molar refractivity (Wildman–Crippen MR) is 73.9 cm³/mol. The Morgan fingerprint density at radius 3 is 2.72 bits per heavy atom. The van der Waals surface area contributed by atoms with Gasteiger partial charge in [0.1, 0.15) is 0 Å². The molecule has 0 spiro atoms. The number of carbonyl (C=O) groups is 1. The number of carbonyl (C=O) groups excluding carboxylic acids is 1. The zero-order valence-corrected chi connectivity index (χ0v) is 11.7. The van der Waals surface area contributed by atoms with E-state index in [-0.39, 0.29) is 6.03 Å². The summed E-state index contributed by atoms with van der Waals surface area (Å²) in [5.74, 6) is 0. The summed E-state index contributed by atoms with van der Waals surface area (Å²) in [6.07, 6.45) is 0.916. The molecule has 2 rings (SSSR count). The normalized spacial score (nSPS) is 14.3. The van der Waals surface area contributed by atoms with Gasteiger partial charge in [-0.2, -0.15) is 0 Å². The third kappa shape index (κ3) is 2.61. The number of hydrogen-bond donors (Lipinski definition) is 0. The van der Waals surface area contributed by atoms with Gasteiger partial charge in [-0.15, -0.1) is 0 Å². The van der Waals surface area contributed by atoms with Gasteiger partial charge in [-0.1, -0.05) is 17.7 Å². The zero-order chi connectivity index (χ0) is 13.1. The second-order valence-corrected chi connectivity index (χ2v) is 4.98. The van der Waals surface area contributed by atoms with Crippen LogP contribution < -0.4 is 0 Å². The molecule has 18 heavy (non-hydrogen) atoms. The molecule has 1 heterocycles. The molecule has 1 aromatic rings. The Morgan fingerprint density at radius 2 is 2.06 bits per heavy atom. The van der Waals surface area contributed by atoms with Gasteiger partial charge in [0.25, 0.3) is 0 Å². The molecule has 0 saturated carbocycles. The van der Waals surface area contributed by atoms with Crippen LogP contribution in [0.25, 0.3) is 0 Å². The fraction of sp³-hybridized carbons (Fsp3) is 0.500. The molecule has 0 bridgehead atoms. The second kappa shape index (κ2) is 5.61. The molecule has 3 nitrogen and oxygen atoms in total. The van der Waals surface area contributed by atoms with E-state index >= 15 is 0 Å². The van der Waals surface area contributed by atoms with Crippen molar-refractivity contribution >= 4 is 17.6 Å². The summed E-state index contributed by atoms with van der Waals surface area (Å²) in [6, 6.07) is 6.09. The lowest BCUT2D eigenvalue weighted by atomic mass is 10.0. The molecule has 0 unspecified atom stereocenters. The summed E-state index contributed by atoms with van der Waals surface area (Å²) in [6.45, 7) is 7.00. The lowest BCUT2D eigenvalue weighted by molar-refractivity contribution is 0.152. The number of fused-ring (bicyclic) bond motifs is 1. The molecule has 0 atom stereocenters. The summed E-state index contributed by atoms with van der Waals surface area (Å²) in [5, 5.41) is 0.742. The first-order chi connectivity index (χ1) is 8.65. The van der Waals surface area contributed by atoms with E-state index in [0.29, 0.717) is 6.54 Å². The maximum absolute atomic E-state index is 12.3. The van der Waals surface area contributed by atoms with Gasteiger partial charge in [-0.05, 0) is 43.5 Å². The van der Waals surface area contributed by atoms with Crippen LogP contribution in [0, 0.1) is 0 Å². The number of benzene rings is 1. The van der Waals surface area contributed by atoms with Crippen LogP contribution in [-0.2, 0) is 13.0 Å². The molecule has 0 aromatic heterocycles. The Balaban J connectivity index is 2.14. The number of hydrogen-bond acceptors (Lipinski definition) is 1. The van der Waals surface area contributed by atoms with Crippen molar-refractivity contribution in [2.45, 2.75) is 26.8 Å². The summed E-state index contributed by atoms with van der Waals surface area (Å²) < 4.78 is 0. The zero-order valence-electron chi connectivity index (χ0n) is 10.9. The highest BCUT2D eigenvalue weighted by Gasteiger charge is 2.23. The Labute approximate surface area is 113 Å². The first-order valence-electron chi connectivity index (χ1n) is 6.46. The van der Waals surface area contributed by atoms with E-state index in [9.17, 15) is 4.79 Å². The summed E-state index contributed by atoms with van der Waals surface area (Å²) in [7, 11) is 0. The average molecular weight is 267 g/mol. The standard InChI is InChI=1S/C14H19ClN2O/c1-3-16(4-2)14(18)17-8-7-11-5-6-13(15)9-12(11)10-17/h5-6,9H,3-4,7-8,10H2,1-2H3. The van der Waals surface area contributed by atoms with Crippen LogP contribution >= 0.6 is 11.6 Å². The van der Waals surface area contributed by atoms with Crippen LogP contribution in [0.1, 0.15) is 25.0 Å². The molecule has 0 fully saturated rings. The van der Waals surface area contributed by atoms with Gasteiger partial charge in [-0.25, -0.2) is 4.79 Å². The Kier molecular flexibility index (Phi) is 4.12. The molecule has 1 aromatic carbocycles. The maximum Gasteiger partial charge on any atom is 0.320 e. The third-order valence-electron chi connectivity index (χ3n) is 3.49. The van der Waals surface area contributed by atoms with Crippen LogP contribution in [0.15, 0.2) is 18.2 Å². The maximum atomic E-state index is 12.3. The van der Waals surface area contributed by atoms with Crippen LogP contribution in [-0.4, -0.2) is 35.5 Å². The van der Waals surface area contributed by atoms with E-state index in [1.807, 2.05) is 35.8 Å².